The fraction of sp³-hybridized carbons (Fsp3) is 0.516. The zero-order valence-electron chi connectivity index (χ0n) is 21.8. The van der Waals surface area contributed by atoms with E-state index in [0.717, 1.165) is 62.8 Å². The average Bonchev–Trinajstić information content (AvgIpc) is 2.92. The lowest BCUT2D eigenvalue weighted by Crippen LogP contribution is -2.25. The monoisotopic (exact) mass is 489 g/mol. The van der Waals surface area contributed by atoms with Gasteiger partial charge >= 0.3 is 11.9 Å². The quantitative estimate of drug-likeness (QED) is 0.145. The number of esters is 2. The van der Waals surface area contributed by atoms with Crippen LogP contribution in [0.4, 0.5) is 0 Å². The number of hydrogen-bond donors (Lipinski definition) is 0. The molecule has 1 heterocycles. The third kappa shape index (κ3) is 9.15. The Hall–Kier alpha value is -3.13. The second kappa shape index (κ2) is 15.1. The van der Waals surface area contributed by atoms with Crippen molar-refractivity contribution in [1.29, 1.82) is 0 Å². The highest BCUT2D eigenvalue weighted by Crippen LogP contribution is 2.32. The summed E-state index contributed by atoms with van der Waals surface area (Å²) in [5.41, 5.74) is 1.79. The van der Waals surface area contributed by atoms with Crippen LogP contribution < -0.4 is 4.74 Å². The third-order valence-corrected chi connectivity index (χ3v) is 6.78. The number of aromatic nitrogens is 1. The smallest absolute Gasteiger partial charge is 0.339 e. The Morgan fingerprint density at radius 3 is 2.31 bits per heavy atom. The number of pyridine rings is 1. The van der Waals surface area contributed by atoms with Gasteiger partial charge in [0.25, 0.3) is 0 Å². The Bertz CT molecular complexity index is 1010. The summed E-state index contributed by atoms with van der Waals surface area (Å²) in [6, 6.07) is 10.6. The van der Waals surface area contributed by atoms with Gasteiger partial charge in [0, 0.05) is 11.8 Å². The second-order valence-electron chi connectivity index (χ2n) is 9.68. The molecule has 0 atom stereocenters. The molecule has 0 radical (unpaired) electrons. The van der Waals surface area contributed by atoms with E-state index < -0.39 is 0 Å². The van der Waals surface area contributed by atoms with Gasteiger partial charge in [0.05, 0.1) is 18.1 Å². The van der Waals surface area contributed by atoms with Crippen LogP contribution in [0, 0.1) is 23.7 Å². The maximum absolute atomic E-state index is 12.6. The van der Waals surface area contributed by atoms with Crippen LogP contribution in [0.5, 0.6) is 5.75 Å². The highest BCUT2D eigenvalue weighted by atomic mass is 16.5. The molecule has 0 aliphatic heterocycles. The number of rotatable bonds is 11. The molecule has 192 valence electrons. The minimum Gasteiger partial charge on any atom is -0.462 e. The first-order chi connectivity index (χ1) is 17.6. The molecule has 2 aromatic rings. The number of carbonyl (C=O) groups excluding carboxylic acids is 2. The average molecular weight is 490 g/mol. The molecule has 0 amide bonds. The van der Waals surface area contributed by atoms with Crippen molar-refractivity contribution in [3.63, 3.8) is 0 Å². The summed E-state index contributed by atoms with van der Waals surface area (Å²) in [4.78, 5) is 28.9. The van der Waals surface area contributed by atoms with Gasteiger partial charge in [-0.25, -0.2) is 9.78 Å². The van der Waals surface area contributed by atoms with E-state index in [-0.39, 0.29) is 17.9 Å². The van der Waals surface area contributed by atoms with Crippen LogP contribution in [0.1, 0.15) is 106 Å². The number of nitrogens with zero attached hydrogens (tertiary/aromatic N) is 1. The van der Waals surface area contributed by atoms with Crippen molar-refractivity contribution >= 4 is 11.9 Å². The normalized spacial score (nSPS) is 17.1. The molecule has 1 aromatic heterocycles. The predicted octanol–water partition coefficient (Wildman–Crippen LogP) is 7.12. The van der Waals surface area contributed by atoms with Crippen molar-refractivity contribution in [1.82, 2.24) is 4.98 Å². The van der Waals surface area contributed by atoms with Gasteiger partial charge in [-0.05, 0) is 80.3 Å². The van der Waals surface area contributed by atoms with Crippen LogP contribution in [-0.2, 0) is 9.53 Å². The first kappa shape index (κ1) is 27.5. The fourth-order valence-corrected chi connectivity index (χ4v) is 4.49. The maximum atomic E-state index is 12.6. The third-order valence-electron chi connectivity index (χ3n) is 6.78. The van der Waals surface area contributed by atoms with Crippen molar-refractivity contribution in [3.05, 3.63) is 59.4 Å². The SMILES string of the molecule is CCCCCCOC(=O)c1ccc(C#Cc2ccc(OC(=O)C3CCC(CCCC)CC3)cc2)nc1. The van der Waals surface area contributed by atoms with E-state index in [9.17, 15) is 9.59 Å². The van der Waals surface area contributed by atoms with Crippen LogP contribution in [0.2, 0.25) is 0 Å². The zero-order valence-corrected chi connectivity index (χ0v) is 21.8. The predicted molar refractivity (Wildman–Crippen MR) is 142 cm³/mol. The molecule has 1 fully saturated rings. The minimum atomic E-state index is -0.354. The van der Waals surface area contributed by atoms with Crippen molar-refractivity contribution in [2.24, 2.45) is 11.8 Å². The summed E-state index contributed by atoms with van der Waals surface area (Å²) in [5.74, 6) is 6.92. The van der Waals surface area contributed by atoms with Crippen molar-refractivity contribution < 1.29 is 19.1 Å². The Kier molecular flexibility index (Phi) is 11.5. The maximum Gasteiger partial charge on any atom is 0.339 e. The van der Waals surface area contributed by atoms with Gasteiger partial charge < -0.3 is 9.47 Å². The standard InChI is InChI=1S/C31H39NO4/c1-3-5-7-8-22-35-30(33)27-17-19-28(32-23-27)18-12-25-13-20-29(21-14-25)36-31(34)26-15-10-24(11-16-26)9-6-4-2/h13-14,17,19-21,23-24,26H,3-11,15-16,22H2,1-2H3. The molecule has 5 heteroatoms. The Morgan fingerprint density at radius 1 is 0.889 bits per heavy atom. The van der Waals surface area contributed by atoms with E-state index in [1.54, 1.807) is 24.3 Å². The van der Waals surface area contributed by atoms with Crippen molar-refractivity contribution in [2.75, 3.05) is 6.61 Å². The van der Waals surface area contributed by atoms with Crippen LogP contribution in [0.15, 0.2) is 42.6 Å². The van der Waals surface area contributed by atoms with E-state index in [0.29, 0.717) is 23.6 Å². The molecule has 1 aromatic carbocycles. The zero-order chi connectivity index (χ0) is 25.6. The van der Waals surface area contributed by atoms with E-state index in [1.807, 2.05) is 12.1 Å². The van der Waals surface area contributed by atoms with Crippen LogP contribution in [-0.4, -0.2) is 23.5 Å². The molecule has 0 saturated heterocycles. The molecule has 0 spiro atoms. The number of ether oxygens (including phenoxy) is 2. The van der Waals surface area contributed by atoms with Crippen LogP contribution in [0.3, 0.4) is 0 Å². The summed E-state index contributed by atoms with van der Waals surface area (Å²) in [6.45, 7) is 4.81. The van der Waals surface area contributed by atoms with E-state index >= 15 is 0 Å². The second-order valence-corrected chi connectivity index (χ2v) is 9.68. The van der Waals surface area contributed by atoms with Gasteiger partial charge in [-0.2, -0.15) is 0 Å². The summed E-state index contributed by atoms with van der Waals surface area (Å²) in [6.07, 6.45) is 13.7. The van der Waals surface area contributed by atoms with Gasteiger partial charge in [-0.3, -0.25) is 4.79 Å². The highest BCUT2D eigenvalue weighted by molar-refractivity contribution is 5.89. The summed E-state index contributed by atoms with van der Waals surface area (Å²) in [7, 11) is 0. The molecule has 0 bridgehead atoms. The molecular weight excluding hydrogens is 450 g/mol. The van der Waals surface area contributed by atoms with Gasteiger partial charge in [-0.1, -0.05) is 58.3 Å². The number of unbranched alkanes of at least 4 members (excludes halogenated alkanes) is 4. The minimum absolute atomic E-state index is 0.00901. The van der Waals surface area contributed by atoms with Crippen molar-refractivity contribution in [3.8, 4) is 17.6 Å². The molecule has 1 aliphatic carbocycles. The molecular formula is C31H39NO4. The fourth-order valence-electron chi connectivity index (χ4n) is 4.49. The summed E-state index contributed by atoms with van der Waals surface area (Å²) >= 11 is 0. The lowest BCUT2D eigenvalue weighted by Gasteiger charge is -2.27. The highest BCUT2D eigenvalue weighted by Gasteiger charge is 2.27. The topological polar surface area (TPSA) is 65.5 Å². The van der Waals surface area contributed by atoms with Gasteiger partial charge in [0.2, 0.25) is 0 Å². The number of hydrogen-bond acceptors (Lipinski definition) is 5. The number of benzene rings is 1. The summed E-state index contributed by atoms with van der Waals surface area (Å²) < 4.78 is 10.9. The molecule has 36 heavy (non-hydrogen) atoms. The lowest BCUT2D eigenvalue weighted by atomic mass is 9.80. The summed E-state index contributed by atoms with van der Waals surface area (Å²) in [5, 5.41) is 0. The first-order valence-electron chi connectivity index (χ1n) is 13.6. The van der Waals surface area contributed by atoms with E-state index in [1.165, 1.54) is 25.5 Å². The lowest BCUT2D eigenvalue weighted by molar-refractivity contribution is -0.140. The Morgan fingerprint density at radius 2 is 1.64 bits per heavy atom. The van der Waals surface area contributed by atoms with Crippen LogP contribution in [0.25, 0.3) is 0 Å². The molecule has 3 rings (SSSR count). The van der Waals surface area contributed by atoms with Gasteiger partial charge in [-0.15, -0.1) is 0 Å². The Labute approximate surface area is 216 Å². The van der Waals surface area contributed by atoms with Gasteiger partial charge in [0.1, 0.15) is 11.4 Å². The number of carbonyl (C=O) groups is 2. The Balaban J connectivity index is 1.44. The molecule has 1 saturated carbocycles. The molecule has 5 nitrogen and oxygen atoms in total. The molecule has 0 unspecified atom stereocenters. The molecule has 0 N–H and O–H groups in total. The van der Waals surface area contributed by atoms with Crippen molar-refractivity contribution in [2.45, 2.75) is 84.5 Å². The van der Waals surface area contributed by atoms with Gasteiger partial charge in [0.15, 0.2) is 0 Å². The van der Waals surface area contributed by atoms with Crippen LogP contribution >= 0.6 is 0 Å². The largest absolute Gasteiger partial charge is 0.462 e. The van der Waals surface area contributed by atoms with E-state index in [2.05, 4.69) is 30.7 Å². The van der Waals surface area contributed by atoms with E-state index in [4.69, 9.17) is 9.47 Å². The molecule has 1 aliphatic rings. The first-order valence-corrected chi connectivity index (χ1v) is 13.6.